The third-order valence-corrected chi connectivity index (χ3v) is 4.33. The molecule has 1 amide bonds. The van der Waals surface area contributed by atoms with Crippen molar-refractivity contribution >= 4 is 39.3 Å². The Morgan fingerprint density at radius 1 is 1.33 bits per heavy atom. The second-order valence-electron chi connectivity index (χ2n) is 4.52. The molecular weight excluding hydrogens is 350 g/mol. The minimum Gasteiger partial charge on any atom is -0.321 e. The highest BCUT2D eigenvalue weighted by Crippen LogP contribution is 2.20. The number of halogens is 1. The molecule has 1 aromatic heterocycles. The summed E-state index contributed by atoms with van der Waals surface area (Å²) in [5.41, 5.74) is 2.25. The Morgan fingerprint density at radius 3 is 2.71 bits per heavy atom. The highest BCUT2D eigenvalue weighted by Gasteiger charge is 2.14. The van der Waals surface area contributed by atoms with Crippen LogP contribution in [0.5, 0.6) is 0 Å². The van der Waals surface area contributed by atoms with E-state index in [4.69, 9.17) is 0 Å². The maximum absolute atomic E-state index is 12.3. The van der Waals surface area contributed by atoms with E-state index in [1.54, 1.807) is 18.0 Å². The van der Waals surface area contributed by atoms with Crippen LogP contribution in [0, 0.1) is 6.92 Å². The molecule has 0 aliphatic rings. The third kappa shape index (κ3) is 4.54. The second kappa shape index (κ2) is 7.56. The Bertz CT molecular complexity index is 631. The number of nitrogens with zero attached hydrogens (tertiary/aromatic N) is 2. The summed E-state index contributed by atoms with van der Waals surface area (Å²) in [6.45, 7) is 4.10. The van der Waals surface area contributed by atoms with Gasteiger partial charge in [-0.05, 0) is 41.4 Å². The molecule has 6 heteroatoms. The Hall–Kier alpha value is -1.40. The number of aryl methyl sites for hydroxylation is 1. The molecule has 0 saturated heterocycles. The summed E-state index contributed by atoms with van der Waals surface area (Å²) in [5, 5.41) is 3.46. The molecule has 21 heavy (non-hydrogen) atoms. The molecule has 110 valence electrons. The summed E-state index contributed by atoms with van der Waals surface area (Å²) in [7, 11) is 0. The predicted molar refractivity (Wildman–Crippen MR) is 89.9 cm³/mol. The number of rotatable bonds is 5. The summed E-state index contributed by atoms with van der Waals surface area (Å²) in [6, 6.07) is 7.64. The van der Waals surface area contributed by atoms with Gasteiger partial charge in [-0.3, -0.25) is 4.79 Å². The first-order chi connectivity index (χ1) is 10.1. The average molecular weight is 366 g/mol. The van der Waals surface area contributed by atoms with Gasteiger partial charge in [0.2, 0.25) is 0 Å². The normalized spacial score (nSPS) is 10.4. The second-order valence-corrected chi connectivity index (χ2v) is 6.43. The zero-order valence-corrected chi connectivity index (χ0v) is 14.3. The van der Waals surface area contributed by atoms with E-state index in [-0.39, 0.29) is 5.91 Å². The summed E-state index contributed by atoms with van der Waals surface area (Å²) in [5.74, 6) is 0.687. The fourth-order valence-electron chi connectivity index (χ4n) is 1.60. The summed E-state index contributed by atoms with van der Waals surface area (Å²) in [6.07, 6.45) is 2.66. The van der Waals surface area contributed by atoms with Crippen molar-refractivity contribution in [2.45, 2.75) is 25.4 Å². The number of hydrogen-bond acceptors (Lipinski definition) is 4. The van der Waals surface area contributed by atoms with Gasteiger partial charge < -0.3 is 5.32 Å². The van der Waals surface area contributed by atoms with E-state index in [9.17, 15) is 4.79 Å². The van der Waals surface area contributed by atoms with E-state index < -0.39 is 0 Å². The molecule has 2 rings (SSSR count). The van der Waals surface area contributed by atoms with E-state index in [1.807, 2.05) is 31.2 Å². The molecule has 0 bridgehead atoms. The van der Waals surface area contributed by atoms with Crippen LogP contribution >= 0.6 is 27.7 Å². The van der Waals surface area contributed by atoms with Crippen LogP contribution in [0.15, 0.2) is 40.1 Å². The first-order valence-electron chi connectivity index (χ1n) is 6.63. The van der Waals surface area contributed by atoms with Crippen LogP contribution in [-0.2, 0) is 0 Å². The molecule has 1 N–H and O–H groups in total. The standard InChI is InChI=1S/C15H16BrN3OS/c1-3-8-21-15-17-9-12(16)13(19-15)14(20)18-11-6-4-10(2)5-7-11/h4-7,9H,3,8H2,1-2H3,(H,18,20). The summed E-state index contributed by atoms with van der Waals surface area (Å²) >= 11 is 4.88. The van der Waals surface area contributed by atoms with Crippen molar-refractivity contribution in [1.29, 1.82) is 0 Å². The number of nitrogens with one attached hydrogen (secondary N) is 1. The molecule has 0 saturated carbocycles. The number of amides is 1. The topological polar surface area (TPSA) is 54.9 Å². The van der Waals surface area contributed by atoms with Gasteiger partial charge in [-0.25, -0.2) is 9.97 Å². The molecule has 0 aliphatic carbocycles. The molecule has 1 heterocycles. The lowest BCUT2D eigenvalue weighted by atomic mass is 10.2. The molecule has 0 atom stereocenters. The van der Waals surface area contributed by atoms with Crippen LogP contribution in [-0.4, -0.2) is 21.6 Å². The first-order valence-corrected chi connectivity index (χ1v) is 8.41. The average Bonchev–Trinajstić information content (AvgIpc) is 2.48. The van der Waals surface area contributed by atoms with Gasteiger partial charge in [0, 0.05) is 17.6 Å². The zero-order chi connectivity index (χ0) is 15.2. The van der Waals surface area contributed by atoms with Gasteiger partial charge in [0.05, 0.1) is 4.47 Å². The summed E-state index contributed by atoms with van der Waals surface area (Å²) < 4.78 is 0.591. The smallest absolute Gasteiger partial charge is 0.275 e. The lowest BCUT2D eigenvalue weighted by molar-refractivity contribution is 0.102. The SMILES string of the molecule is CCCSc1ncc(Br)c(C(=O)Nc2ccc(C)cc2)n1. The molecular formula is C15H16BrN3OS. The molecule has 2 aromatic rings. The predicted octanol–water partition coefficient (Wildman–Crippen LogP) is 4.30. The van der Waals surface area contributed by atoms with Gasteiger partial charge in [-0.1, -0.05) is 36.4 Å². The maximum Gasteiger partial charge on any atom is 0.275 e. The van der Waals surface area contributed by atoms with Crippen molar-refractivity contribution in [2.75, 3.05) is 11.1 Å². The van der Waals surface area contributed by atoms with E-state index in [0.29, 0.717) is 15.3 Å². The monoisotopic (exact) mass is 365 g/mol. The van der Waals surface area contributed by atoms with Crippen molar-refractivity contribution in [2.24, 2.45) is 0 Å². The highest BCUT2D eigenvalue weighted by molar-refractivity contribution is 9.10. The van der Waals surface area contributed by atoms with Crippen molar-refractivity contribution in [3.05, 3.63) is 46.2 Å². The van der Waals surface area contributed by atoms with Gasteiger partial charge >= 0.3 is 0 Å². The number of carbonyl (C=O) groups excluding carboxylic acids is 1. The molecule has 4 nitrogen and oxygen atoms in total. The van der Waals surface area contributed by atoms with Gasteiger partial charge in [0.1, 0.15) is 5.69 Å². The lowest BCUT2D eigenvalue weighted by Gasteiger charge is -2.07. The number of carbonyl (C=O) groups is 1. The summed E-state index contributed by atoms with van der Waals surface area (Å²) in [4.78, 5) is 20.8. The largest absolute Gasteiger partial charge is 0.321 e. The Balaban J connectivity index is 2.15. The number of thioether (sulfide) groups is 1. The van der Waals surface area contributed by atoms with E-state index in [2.05, 4.69) is 38.1 Å². The van der Waals surface area contributed by atoms with Crippen molar-refractivity contribution < 1.29 is 4.79 Å². The Labute approximate surface area is 136 Å². The minimum atomic E-state index is -0.244. The minimum absolute atomic E-state index is 0.244. The quantitative estimate of drug-likeness (QED) is 0.633. The first kappa shape index (κ1) is 16.0. The number of aromatic nitrogens is 2. The highest BCUT2D eigenvalue weighted by atomic mass is 79.9. The van der Waals surface area contributed by atoms with E-state index in [0.717, 1.165) is 23.4 Å². The fourth-order valence-corrected chi connectivity index (χ4v) is 2.64. The van der Waals surface area contributed by atoms with Gasteiger partial charge in [0.25, 0.3) is 5.91 Å². The number of anilines is 1. The van der Waals surface area contributed by atoms with Crippen LogP contribution in [0.3, 0.4) is 0 Å². The zero-order valence-electron chi connectivity index (χ0n) is 11.9. The van der Waals surface area contributed by atoms with Crippen LogP contribution in [0.2, 0.25) is 0 Å². The lowest BCUT2D eigenvalue weighted by Crippen LogP contribution is -2.15. The van der Waals surface area contributed by atoms with Crippen molar-refractivity contribution in [1.82, 2.24) is 9.97 Å². The van der Waals surface area contributed by atoms with Crippen LogP contribution in [0.1, 0.15) is 29.4 Å². The molecule has 0 fully saturated rings. The molecule has 0 radical (unpaired) electrons. The molecule has 0 unspecified atom stereocenters. The number of hydrogen-bond donors (Lipinski definition) is 1. The van der Waals surface area contributed by atoms with Gasteiger partial charge in [0.15, 0.2) is 5.16 Å². The van der Waals surface area contributed by atoms with E-state index in [1.165, 1.54) is 0 Å². The molecule has 1 aromatic carbocycles. The molecule has 0 spiro atoms. The number of benzene rings is 1. The Morgan fingerprint density at radius 2 is 2.05 bits per heavy atom. The van der Waals surface area contributed by atoms with Gasteiger partial charge in [-0.15, -0.1) is 0 Å². The molecule has 0 aliphatic heterocycles. The van der Waals surface area contributed by atoms with Crippen molar-refractivity contribution in [3.8, 4) is 0 Å². The fraction of sp³-hybridized carbons (Fsp3) is 0.267. The van der Waals surface area contributed by atoms with Crippen LogP contribution < -0.4 is 5.32 Å². The van der Waals surface area contributed by atoms with Crippen LogP contribution in [0.4, 0.5) is 5.69 Å². The Kier molecular flexibility index (Phi) is 5.76. The maximum atomic E-state index is 12.3. The van der Waals surface area contributed by atoms with Crippen molar-refractivity contribution in [3.63, 3.8) is 0 Å². The third-order valence-electron chi connectivity index (χ3n) is 2.68. The van der Waals surface area contributed by atoms with E-state index >= 15 is 0 Å². The van der Waals surface area contributed by atoms with Crippen LogP contribution in [0.25, 0.3) is 0 Å². The van der Waals surface area contributed by atoms with Gasteiger partial charge in [-0.2, -0.15) is 0 Å².